The van der Waals surface area contributed by atoms with Gasteiger partial charge in [-0.05, 0) is 37.2 Å². The van der Waals surface area contributed by atoms with Gasteiger partial charge in [0.2, 0.25) is 0 Å². The molecule has 0 aliphatic heterocycles. The molecule has 1 nitrogen and oxygen atoms in total. The second-order valence-corrected chi connectivity index (χ2v) is 6.20. The van der Waals surface area contributed by atoms with Crippen LogP contribution in [0.25, 0.3) is 0 Å². The molecule has 1 heteroatoms. The average Bonchev–Trinajstić information content (AvgIpc) is 2.52. The second kappa shape index (κ2) is 8.26. The van der Waals surface area contributed by atoms with Gasteiger partial charge in [0.05, 0.1) is 6.10 Å². The van der Waals surface area contributed by atoms with E-state index in [2.05, 4.69) is 49.4 Å². The third-order valence-corrected chi connectivity index (χ3v) is 4.55. The average molecular weight is 272 g/mol. The minimum Gasteiger partial charge on any atom is -0.392 e. The Balaban J connectivity index is 1.72. The quantitative estimate of drug-likeness (QED) is 0.741. The van der Waals surface area contributed by atoms with E-state index in [9.17, 15) is 5.11 Å². The summed E-state index contributed by atoms with van der Waals surface area (Å²) in [6.45, 7) is 2.15. The number of hydrogen-bond donors (Lipinski definition) is 1. The van der Waals surface area contributed by atoms with Crippen molar-refractivity contribution in [3.63, 3.8) is 0 Å². The Labute approximate surface area is 123 Å². The third-order valence-electron chi connectivity index (χ3n) is 4.55. The van der Waals surface area contributed by atoms with Crippen LogP contribution in [-0.2, 0) is 6.42 Å². The molecule has 0 aromatic heterocycles. The first-order valence-corrected chi connectivity index (χ1v) is 8.16. The zero-order chi connectivity index (χ0) is 14.2. The number of hydrogen-bond acceptors (Lipinski definition) is 1. The Morgan fingerprint density at radius 3 is 2.55 bits per heavy atom. The second-order valence-electron chi connectivity index (χ2n) is 6.20. The summed E-state index contributed by atoms with van der Waals surface area (Å²) >= 11 is 0. The van der Waals surface area contributed by atoms with Gasteiger partial charge in [-0.25, -0.2) is 0 Å². The highest BCUT2D eigenvalue weighted by atomic mass is 16.3. The molecule has 1 N–H and O–H groups in total. The summed E-state index contributed by atoms with van der Waals surface area (Å²) in [6.07, 6.45) is 12.8. The third kappa shape index (κ3) is 4.79. The van der Waals surface area contributed by atoms with Crippen LogP contribution in [0.4, 0.5) is 0 Å². The fourth-order valence-corrected chi connectivity index (χ4v) is 3.22. The van der Waals surface area contributed by atoms with Gasteiger partial charge in [-0.15, -0.1) is 0 Å². The molecule has 1 saturated carbocycles. The van der Waals surface area contributed by atoms with Crippen molar-refractivity contribution in [2.75, 3.05) is 0 Å². The summed E-state index contributed by atoms with van der Waals surface area (Å²) in [6, 6.07) is 10.6. The van der Waals surface area contributed by atoms with E-state index in [-0.39, 0.29) is 12.0 Å². The molecule has 0 bridgehead atoms. The fourth-order valence-electron chi connectivity index (χ4n) is 3.22. The van der Waals surface area contributed by atoms with Crippen molar-refractivity contribution < 1.29 is 5.11 Å². The highest BCUT2D eigenvalue weighted by Crippen LogP contribution is 2.29. The number of allylic oxidation sites excluding steroid dienone is 1. The van der Waals surface area contributed by atoms with Crippen LogP contribution >= 0.6 is 0 Å². The van der Waals surface area contributed by atoms with Gasteiger partial charge >= 0.3 is 0 Å². The topological polar surface area (TPSA) is 20.2 Å². The summed E-state index contributed by atoms with van der Waals surface area (Å²) in [5, 5.41) is 10.4. The Kier molecular flexibility index (Phi) is 6.32. The molecule has 2 atom stereocenters. The Morgan fingerprint density at radius 2 is 1.85 bits per heavy atom. The molecule has 0 heterocycles. The van der Waals surface area contributed by atoms with E-state index in [1.54, 1.807) is 0 Å². The maximum atomic E-state index is 10.4. The summed E-state index contributed by atoms with van der Waals surface area (Å²) < 4.78 is 0. The van der Waals surface area contributed by atoms with Gasteiger partial charge in [0.15, 0.2) is 0 Å². The Morgan fingerprint density at radius 1 is 1.15 bits per heavy atom. The molecule has 1 aromatic rings. The van der Waals surface area contributed by atoms with E-state index >= 15 is 0 Å². The zero-order valence-corrected chi connectivity index (χ0v) is 12.7. The van der Waals surface area contributed by atoms with Gasteiger partial charge in [0.1, 0.15) is 0 Å². The summed E-state index contributed by atoms with van der Waals surface area (Å²) in [7, 11) is 0. The summed E-state index contributed by atoms with van der Waals surface area (Å²) in [5.41, 5.74) is 1.39. The number of aliphatic hydroxyl groups excluding tert-OH is 1. The first kappa shape index (κ1) is 15.3. The van der Waals surface area contributed by atoms with Crippen LogP contribution in [0, 0.1) is 11.8 Å². The minimum atomic E-state index is -0.150. The molecule has 0 unspecified atom stereocenters. The molecule has 1 aliphatic rings. The van der Waals surface area contributed by atoms with Crippen LogP contribution in [0.15, 0.2) is 42.5 Å². The molecule has 2 rings (SSSR count). The molecular formula is C19H28O. The number of benzene rings is 1. The SMILES string of the molecule is C[C@H](/C=C/CCc1ccccc1)[C@@H](O)C1CCCCC1. The number of aliphatic hydroxyl groups is 1. The lowest BCUT2D eigenvalue weighted by molar-refractivity contribution is 0.0556. The normalized spacial score (nSPS) is 20.1. The van der Waals surface area contributed by atoms with Gasteiger partial charge in [-0.1, -0.05) is 68.7 Å². The Bertz CT molecular complexity index is 389. The molecule has 1 fully saturated rings. The van der Waals surface area contributed by atoms with Crippen molar-refractivity contribution in [2.24, 2.45) is 11.8 Å². The number of rotatable bonds is 6. The molecule has 0 radical (unpaired) electrons. The standard InChI is InChI=1S/C19H28O/c1-16(19(20)18-14-6-3-7-15-18)10-8-9-13-17-11-4-2-5-12-17/h2,4-5,8,10-12,16,18-20H,3,6-7,9,13-15H2,1H3/b10-8+/t16-,19-/m1/s1. The molecule has 1 aliphatic carbocycles. The largest absolute Gasteiger partial charge is 0.392 e. The smallest absolute Gasteiger partial charge is 0.0628 e. The molecule has 0 saturated heterocycles. The van der Waals surface area contributed by atoms with E-state index in [1.165, 1.54) is 37.7 Å². The molecule has 110 valence electrons. The van der Waals surface area contributed by atoms with Crippen LogP contribution in [0.2, 0.25) is 0 Å². The van der Waals surface area contributed by atoms with Crippen LogP contribution in [-0.4, -0.2) is 11.2 Å². The summed E-state index contributed by atoms with van der Waals surface area (Å²) in [4.78, 5) is 0. The van der Waals surface area contributed by atoms with Gasteiger partial charge in [0, 0.05) is 5.92 Å². The minimum absolute atomic E-state index is 0.150. The monoisotopic (exact) mass is 272 g/mol. The molecule has 1 aromatic carbocycles. The van der Waals surface area contributed by atoms with E-state index in [4.69, 9.17) is 0 Å². The maximum absolute atomic E-state index is 10.4. The molecule has 20 heavy (non-hydrogen) atoms. The number of aryl methyl sites for hydroxylation is 1. The maximum Gasteiger partial charge on any atom is 0.0628 e. The van der Waals surface area contributed by atoms with Crippen LogP contribution in [0.5, 0.6) is 0 Å². The van der Waals surface area contributed by atoms with E-state index in [0.29, 0.717) is 5.92 Å². The summed E-state index contributed by atoms with van der Waals surface area (Å²) in [5.74, 6) is 0.811. The predicted molar refractivity (Wildman–Crippen MR) is 85.6 cm³/mol. The predicted octanol–water partition coefficient (Wildman–Crippen LogP) is 4.75. The first-order chi connectivity index (χ1) is 9.77. The van der Waals surface area contributed by atoms with E-state index in [0.717, 1.165) is 12.8 Å². The van der Waals surface area contributed by atoms with Crippen molar-refractivity contribution in [1.29, 1.82) is 0 Å². The van der Waals surface area contributed by atoms with Gasteiger partial charge in [-0.3, -0.25) is 0 Å². The molecule has 0 spiro atoms. The zero-order valence-electron chi connectivity index (χ0n) is 12.7. The lowest BCUT2D eigenvalue weighted by Crippen LogP contribution is -2.28. The first-order valence-electron chi connectivity index (χ1n) is 8.16. The van der Waals surface area contributed by atoms with Crippen LogP contribution in [0.3, 0.4) is 0 Å². The highest BCUT2D eigenvalue weighted by Gasteiger charge is 2.24. The highest BCUT2D eigenvalue weighted by molar-refractivity contribution is 5.15. The van der Waals surface area contributed by atoms with Crippen molar-refractivity contribution in [2.45, 2.75) is 58.0 Å². The molecular weight excluding hydrogens is 244 g/mol. The van der Waals surface area contributed by atoms with Crippen molar-refractivity contribution >= 4 is 0 Å². The van der Waals surface area contributed by atoms with Crippen molar-refractivity contribution in [3.8, 4) is 0 Å². The lowest BCUT2D eigenvalue weighted by atomic mass is 9.81. The lowest BCUT2D eigenvalue weighted by Gasteiger charge is -2.29. The van der Waals surface area contributed by atoms with Crippen molar-refractivity contribution in [1.82, 2.24) is 0 Å². The van der Waals surface area contributed by atoms with Crippen molar-refractivity contribution in [3.05, 3.63) is 48.0 Å². The van der Waals surface area contributed by atoms with Gasteiger partial charge in [-0.2, -0.15) is 0 Å². The van der Waals surface area contributed by atoms with Crippen LogP contribution < -0.4 is 0 Å². The fraction of sp³-hybridized carbons (Fsp3) is 0.579. The van der Waals surface area contributed by atoms with E-state index in [1.807, 2.05) is 0 Å². The van der Waals surface area contributed by atoms with Crippen LogP contribution in [0.1, 0.15) is 51.0 Å². The van der Waals surface area contributed by atoms with E-state index < -0.39 is 0 Å². The van der Waals surface area contributed by atoms with Gasteiger partial charge < -0.3 is 5.11 Å². The molecule has 0 amide bonds. The van der Waals surface area contributed by atoms with Gasteiger partial charge in [0.25, 0.3) is 0 Å². The Hall–Kier alpha value is -1.08.